The maximum Gasteiger partial charge on any atom is 0.229 e. The number of allylic oxidation sites excluding steroid dienone is 1. The number of amides is 1. The van der Waals surface area contributed by atoms with Gasteiger partial charge in [-0.2, -0.15) is 5.26 Å². The molecule has 7 heteroatoms. The van der Waals surface area contributed by atoms with Crippen molar-refractivity contribution in [3.05, 3.63) is 34.4 Å². The summed E-state index contributed by atoms with van der Waals surface area (Å²) in [6.45, 7) is 0.586. The number of thioether (sulfide) groups is 1. The van der Waals surface area contributed by atoms with Crippen LogP contribution in [-0.2, 0) is 4.79 Å². The average molecular weight is 400 g/mol. The summed E-state index contributed by atoms with van der Waals surface area (Å²) >= 11 is 1.60. The number of ether oxygens (including phenoxy) is 1. The van der Waals surface area contributed by atoms with Gasteiger partial charge in [-0.15, -0.1) is 0 Å². The Bertz CT molecular complexity index is 842. The van der Waals surface area contributed by atoms with E-state index in [9.17, 15) is 15.2 Å². The molecule has 148 valence electrons. The van der Waals surface area contributed by atoms with Crippen molar-refractivity contribution in [3.8, 4) is 17.6 Å². The van der Waals surface area contributed by atoms with Gasteiger partial charge in [0.1, 0.15) is 0 Å². The summed E-state index contributed by atoms with van der Waals surface area (Å²) in [7, 11) is 1.49. The molecule has 1 aliphatic carbocycles. The molecule has 0 unspecified atom stereocenters. The summed E-state index contributed by atoms with van der Waals surface area (Å²) < 4.78 is 5.20. The van der Waals surface area contributed by atoms with Crippen LogP contribution in [0.5, 0.6) is 11.5 Å². The number of methoxy groups -OCH3 is 1. The van der Waals surface area contributed by atoms with Crippen LogP contribution in [0.4, 0.5) is 0 Å². The highest BCUT2D eigenvalue weighted by Crippen LogP contribution is 2.44. The number of carbonyl (C=O) groups excluding carboxylic acids is 1. The number of fused-ring (bicyclic) bond motifs is 1. The largest absolute Gasteiger partial charge is 0.504 e. The summed E-state index contributed by atoms with van der Waals surface area (Å²) in [5.74, 6) is 0.984. The first kappa shape index (κ1) is 19.2. The summed E-state index contributed by atoms with van der Waals surface area (Å²) in [5.41, 5.74) is 1.46. The zero-order valence-corrected chi connectivity index (χ0v) is 16.9. The van der Waals surface area contributed by atoms with Gasteiger partial charge in [0.25, 0.3) is 0 Å². The quantitative estimate of drug-likeness (QED) is 0.834. The molecule has 1 amide bonds. The van der Waals surface area contributed by atoms with Crippen LogP contribution in [-0.4, -0.2) is 46.5 Å². The number of nitrogens with zero attached hydrogens (tertiary/aromatic N) is 3. The Labute approximate surface area is 169 Å². The molecule has 2 fully saturated rings. The first-order valence-electron chi connectivity index (χ1n) is 9.80. The number of aromatic hydroxyl groups is 1. The predicted octanol–water partition coefficient (Wildman–Crippen LogP) is 3.75. The minimum Gasteiger partial charge on any atom is -0.504 e. The molecular weight excluding hydrogens is 374 g/mol. The number of phenols is 1. The number of carbonyl (C=O) groups is 1. The maximum absolute atomic E-state index is 13.0. The zero-order valence-electron chi connectivity index (χ0n) is 16.1. The first-order chi connectivity index (χ1) is 13.6. The third-order valence-corrected chi connectivity index (χ3v) is 7.19. The molecule has 4 rings (SSSR count). The number of nitriles is 1. The van der Waals surface area contributed by atoms with Gasteiger partial charge in [-0.3, -0.25) is 14.6 Å². The molecule has 3 aliphatic rings. The lowest BCUT2D eigenvalue weighted by atomic mass is 9.86. The van der Waals surface area contributed by atoms with Crippen LogP contribution >= 0.6 is 11.8 Å². The van der Waals surface area contributed by atoms with Gasteiger partial charge >= 0.3 is 0 Å². The van der Waals surface area contributed by atoms with E-state index in [-0.39, 0.29) is 24.0 Å². The molecule has 0 spiro atoms. The fourth-order valence-electron chi connectivity index (χ4n) is 4.45. The Morgan fingerprint density at radius 1 is 1.29 bits per heavy atom. The molecule has 1 aromatic rings. The first-order valence-corrected chi connectivity index (χ1v) is 10.8. The minimum atomic E-state index is -0.299. The van der Waals surface area contributed by atoms with Crippen molar-refractivity contribution in [1.29, 1.82) is 5.26 Å². The predicted molar refractivity (Wildman–Crippen MR) is 108 cm³/mol. The molecule has 1 atom stereocenters. The van der Waals surface area contributed by atoms with Gasteiger partial charge < -0.3 is 9.84 Å². The highest BCUT2D eigenvalue weighted by atomic mass is 32.2. The Kier molecular flexibility index (Phi) is 5.51. The molecular formula is C21H25N3O3S. The van der Waals surface area contributed by atoms with Crippen LogP contribution in [0.1, 0.15) is 50.0 Å². The summed E-state index contributed by atoms with van der Waals surface area (Å²) in [5, 5.41) is 20.5. The third kappa shape index (κ3) is 3.47. The highest BCUT2D eigenvalue weighted by molar-refractivity contribution is 8.03. The second kappa shape index (κ2) is 8.06. The third-order valence-electron chi connectivity index (χ3n) is 6.01. The molecule has 2 heterocycles. The van der Waals surface area contributed by atoms with Gasteiger partial charge in [0, 0.05) is 18.4 Å². The molecule has 0 bridgehead atoms. The van der Waals surface area contributed by atoms with Gasteiger partial charge in [-0.1, -0.05) is 37.1 Å². The Morgan fingerprint density at radius 3 is 2.79 bits per heavy atom. The smallest absolute Gasteiger partial charge is 0.229 e. The lowest BCUT2D eigenvalue weighted by molar-refractivity contribution is -0.132. The molecule has 2 aliphatic heterocycles. The van der Waals surface area contributed by atoms with Gasteiger partial charge in [0.15, 0.2) is 11.5 Å². The highest BCUT2D eigenvalue weighted by Gasteiger charge is 2.39. The van der Waals surface area contributed by atoms with E-state index in [0.29, 0.717) is 24.0 Å². The molecule has 0 aromatic heterocycles. The Morgan fingerprint density at radius 2 is 2.07 bits per heavy atom. The monoisotopic (exact) mass is 399 g/mol. The topological polar surface area (TPSA) is 76.8 Å². The van der Waals surface area contributed by atoms with E-state index in [1.807, 2.05) is 0 Å². The number of phenolic OH excluding ortho intramolecular Hbond substituents is 1. The molecule has 1 aromatic carbocycles. The number of hydrogen-bond acceptors (Lipinski definition) is 6. The van der Waals surface area contributed by atoms with E-state index in [1.165, 1.54) is 39.2 Å². The van der Waals surface area contributed by atoms with E-state index in [1.54, 1.807) is 34.9 Å². The van der Waals surface area contributed by atoms with E-state index >= 15 is 0 Å². The van der Waals surface area contributed by atoms with Crippen LogP contribution in [0.15, 0.2) is 28.8 Å². The van der Waals surface area contributed by atoms with Crippen LogP contribution in [0.25, 0.3) is 0 Å². The minimum absolute atomic E-state index is 0.0522. The fourth-order valence-corrected chi connectivity index (χ4v) is 5.69. The standard InChI is InChI=1S/C21H25N3O3S/c1-27-19-9-14(7-8-18(19)25)16-10-20(26)24-12-23(15-5-3-2-4-6-15)13-28-21(24)17(16)11-22/h7-9,15-16,25H,2-6,10,12-13H2,1H3/t16-/m0/s1. The molecule has 1 N–H and O–H groups in total. The van der Waals surface area contributed by atoms with E-state index < -0.39 is 0 Å². The van der Waals surface area contributed by atoms with Crippen LogP contribution in [0, 0.1) is 11.3 Å². The SMILES string of the molecule is COc1cc([C@@H]2CC(=O)N3CN(C4CCCCC4)CSC3=C2C#N)ccc1O. The van der Waals surface area contributed by atoms with Crippen molar-refractivity contribution >= 4 is 17.7 Å². The lowest BCUT2D eigenvalue weighted by Crippen LogP contribution is -2.51. The molecule has 6 nitrogen and oxygen atoms in total. The van der Waals surface area contributed by atoms with Crippen molar-refractivity contribution in [3.63, 3.8) is 0 Å². The van der Waals surface area contributed by atoms with Crippen molar-refractivity contribution in [2.24, 2.45) is 0 Å². The fraction of sp³-hybridized carbons (Fsp3) is 0.524. The maximum atomic E-state index is 13.0. The van der Waals surface area contributed by atoms with Gasteiger partial charge in [-0.05, 0) is 30.5 Å². The van der Waals surface area contributed by atoms with Gasteiger partial charge in [0.2, 0.25) is 5.91 Å². The van der Waals surface area contributed by atoms with Gasteiger partial charge in [0.05, 0.1) is 36.3 Å². The second-order valence-electron chi connectivity index (χ2n) is 7.64. The Hall–Kier alpha value is -2.17. The molecule has 1 saturated heterocycles. The number of benzene rings is 1. The number of hydrogen-bond donors (Lipinski definition) is 1. The summed E-state index contributed by atoms with van der Waals surface area (Å²) in [6, 6.07) is 7.96. The molecule has 1 saturated carbocycles. The van der Waals surface area contributed by atoms with E-state index in [2.05, 4.69) is 11.0 Å². The zero-order chi connectivity index (χ0) is 19.7. The van der Waals surface area contributed by atoms with Crippen molar-refractivity contribution < 1.29 is 14.6 Å². The summed E-state index contributed by atoms with van der Waals surface area (Å²) in [6.07, 6.45) is 6.49. The second-order valence-corrected chi connectivity index (χ2v) is 8.57. The lowest BCUT2D eigenvalue weighted by Gasteiger charge is -2.44. The van der Waals surface area contributed by atoms with Crippen LogP contribution in [0.2, 0.25) is 0 Å². The van der Waals surface area contributed by atoms with Crippen molar-refractivity contribution in [2.45, 2.75) is 50.5 Å². The van der Waals surface area contributed by atoms with Crippen LogP contribution < -0.4 is 4.74 Å². The number of rotatable bonds is 3. The summed E-state index contributed by atoms with van der Waals surface area (Å²) in [4.78, 5) is 17.2. The molecule has 28 heavy (non-hydrogen) atoms. The van der Waals surface area contributed by atoms with Crippen molar-refractivity contribution in [2.75, 3.05) is 19.7 Å². The van der Waals surface area contributed by atoms with Gasteiger partial charge in [-0.25, -0.2) is 0 Å². The molecule has 0 radical (unpaired) electrons. The van der Waals surface area contributed by atoms with E-state index in [0.717, 1.165) is 16.5 Å². The Balaban J connectivity index is 1.62. The van der Waals surface area contributed by atoms with Crippen LogP contribution in [0.3, 0.4) is 0 Å². The average Bonchev–Trinajstić information content (AvgIpc) is 2.74. The van der Waals surface area contributed by atoms with Crippen molar-refractivity contribution in [1.82, 2.24) is 9.80 Å². The normalized spacial score (nSPS) is 24.1. The van der Waals surface area contributed by atoms with E-state index in [4.69, 9.17) is 4.74 Å².